The molecular formula is C22H25FN4O3. The third-order valence-electron chi connectivity index (χ3n) is 3.97. The van der Waals surface area contributed by atoms with E-state index in [1.54, 1.807) is 50.5 Å². The van der Waals surface area contributed by atoms with E-state index in [2.05, 4.69) is 27.5 Å². The van der Waals surface area contributed by atoms with E-state index in [-0.39, 0.29) is 12.0 Å². The zero-order chi connectivity index (χ0) is 21.9. The highest BCUT2D eigenvalue weighted by Gasteiger charge is 2.15. The third-order valence-corrected chi connectivity index (χ3v) is 3.97. The van der Waals surface area contributed by atoms with Crippen LogP contribution in [0.25, 0.3) is 5.70 Å². The number of aliphatic imine (C=N–C) groups is 1. The van der Waals surface area contributed by atoms with Crippen molar-refractivity contribution >= 4 is 41.2 Å². The molecule has 0 atom stereocenters. The molecule has 0 fully saturated rings. The lowest BCUT2D eigenvalue weighted by molar-refractivity contribution is -0.119. The Labute approximate surface area is 175 Å². The maximum Gasteiger partial charge on any atom is 0.231 e. The average Bonchev–Trinajstić information content (AvgIpc) is 2.70. The zero-order valence-corrected chi connectivity index (χ0v) is 17.0. The van der Waals surface area contributed by atoms with E-state index in [0.29, 0.717) is 47.9 Å². The van der Waals surface area contributed by atoms with Crippen LogP contribution in [0.5, 0.6) is 5.75 Å². The quantitative estimate of drug-likeness (QED) is 0.226. The number of nitrogens with one attached hydrogen (secondary N) is 3. The third kappa shape index (κ3) is 6.52. The van der Waals surface area contributed by atoms with Crippen molar-refractivity contribution < 1.29 is 18.7 Å². The fourth-order valence-electron chi connectivity index (χ4n) is 2.62. The van der Waals surface area contributed by atoms with Crippen LogP contribution >= 0.6 is 0 Å². The first-order valence-electron chi connectivity index (χ1n) is 9.38. The Morgan fingerprint density at radius 3 is 2.47 bits per heavy atom. The number of nitrogens with zero attached hydrogens (tertiary/aromatic N) is 1. The molecule has 30 heavy (non-hydrogen) atoms. The van der Waals surface area contributed by atoms with Gasteiger partial charge in [-0.15, -0.1) is 0 Å². The van der Waals surface area contributed by atoms with Gasteiger partial charge in [0.15, 0.2) is 0 Å². The van der Waals surface area contributed by atoms with Gasteiger partial charge in [-0.2, -0.15) is 0 Å². The van der Waals surface area contributed by atoms with Gasteiger partial charge in [0.05, 0.1) is 17.7 Å². The first-order valence-corrected chi connectivity index (χ1v) is 9.38. The van der Waals surface area contributed by atoms with Crippen LogP contribution in [-0.4, -0.2) is 38.6 Å². The lowest BCUT2D eigenvalue weighted by Gasteiger charge is -2.15. The van der Waals surface area contributed by atoms with E-state index < -0.39 is 11.7 Å². The van der Waals surface area contributed by atoms with Crippen LogP contribution in [0.15, 0.2) is 48.0 Å². The Balaban J connectivity index is 2.17. The number of rotatable bonds is 11. The summed E-state index contributed by atoms with van der Waals surface area (Å²) >= 11 is 0. The highest BCUT2D eigenvalue weighted by atomic mass is 19.1. The number of aldehydes is 1. The van der Waals surface area contributed by atoms with Crippen molar-refractivity contribution in [2.24, 2.45) is 4.99 Å². The molecule has 0 unspecified atom stereocenters. The van der Waals surface area contributed by atoms with Crippen molar-refractivity contribution in [3.63, 3.8) is 0 Å². The van der Waals surface area contributed by atoms with Crippen LogP contribution < -0.4 is 20.7 Å². The van der Waals surface area contributed by atoms with Gasteiger partial charge in [-0.25, -0.2) is 4.39 Å². The Morgan fingerprint density at radius 2 is 1.87 bits per heavy atom. The topological polar surface area (TPSA) is 91.8 Å². The molecule has 0 aliphatic carbocycles. The molecule has 0 bridgehead atoms. The average molecular weight is 412 g/mol. The van der Waals surface area contributed by atoms with Crippen LogP contribution in [0, 0.1) is 5.82 Å². The lowest BCUT2D eigenvalue weighted by Crippen LogP contribution is -2.16. The summed E-state index contributed by atoms with van der Waals surface area (Å²) in [5.74, 6) is -0.514. The second-order valence-corrected chi connectivity index (χ2v) is 6.24. The van der Waals surface area contributed by atoms with Gasteiger partial charge in [-0.3, -0.25) is 9.79 Å². The molecule has 0 aromatic heterocycles. The van der Waals surface area contributed by atoms with Crippen molar-refractivity contribution in [3.8, 4) is 5.75 Å². The summed E-state index contributed by atoms with van der Waals surface area (Å²) in [5.41, 5.74) is 2.15. The normalized spacial score (nSPS) is 10.6. The number of hydrogen-bond acceptors (Lipinski definition) is 6. The molecule has 2 aromatic carbocycles. The number of hydrogen-bond donors (Lipinski definition) is 3. The fraction of sp³-hybridized carbons (Fsp3) is 0.227. The van der Waals surface area contributed by atoms with Gasteiger partial charge in [-0.05, 0) is 38.2 Å². The van der Waals surface area contributed by atoms with Gasteiger partial charge < -0.3 is 25.5 Å². The molecular weight excluding hydrogens is 387 g/mol. The molecule has 8 heteroatoms. The van der Waals surface area contributed by atoms with Gasteiger partial charge in [0, 0.05) is 42.0 Å². The van der Waals surface area contributed by atoms with Crippen LogP contribution in [0.1, 0.15) is 18.9 Å². The van der Waals surface area contributed by atoms with Crippen molar-refractivity contribution in [1.29, 1.82) is 0 Å². The Morgan fingerprint density at radius 1 is 1.20 bits per heavy atom. The van der Waals surface area contributed by atoms with E-state index in [0.717, 1.165) is 0 Å². The van der Waals surface area contributed by atoms with Crippen LogP contribution in [0.3, 0.4) is 0 Å². The Kier molecular flexibility index (Phi) is 8.71. The maximum absolute atomic E-state index is 14.8. The Hall–Kier alpha value is -3.52. The molecule has 0 saturated carbocycles. The number of anilines is 2. The summed E-state index contributed by atoms with van der Waals surface area (Å²) in [7, 11) is 1.81. The summed E-state index contributed by atoms with van der Waals surface area (Å²) in [5, 5.41) is 8.61. The molecule has 7 nitrogen and oxygen atoms in total. The smallest absolute Gasteiger partial charge is 0.231 e. The molecule has 1 amide bonds. The van der Waals surface area contributed by atoms with Crippen LogP contribution in [-0.2, 0) is 9.59 Å². The summed E-state index contributed by atoms with van der Waals surface area (Å²) in [6, 6.07) is 9.71. The van der Waals surface area contributed by atoms with Crippen molar-refractivity contribution in [3.05, 3.63) is 54.4 Å². The minimum Gasteiger partial charge on any atom is -0.492 e. The van der Waals surface area contributed by atoms with Gasteiger partial charge in [0.2, 0.25) is 5.91 Å². The maximum atomic E-state index is 14.8. The molecule has 3 N–H and O–H groups in total. The molecule has 158 valence electrons. The zero-order valence-electron chi connectivity index (χ0n) is 17.0. The van der Waals surface area contributed by atoms with Crippen molar-refractivity contribution in [2.45, 2.75) is 13.3 Å². The molecule has 2 aromatic rings. The summed E-state index contributed by atoms with van der Waals surface area (Å²) in [6.07, 6.45) is 1.91. The first-order chi connectivity index (χ1) is 14.5. The SMILES string of the molecule is C=C(Nc1ccc(NC(=O)CC=O)cc1)c1c(F)cc(OCCNC)cc1N=CC. The molecule has 0 heterocycles. The van der Waals surface area contributed by atoms with Crippen LogP contribution in [0.4, 0.5) is 21.5 Å². The number of halogens is 1. The van der Waals surface area contributed by atoms with Gasteiger partial charge in [0.1, 0.15) is 24.5 Å². The standard InChI is InChI=1S/C22H25FN4O3/c1-4-25-20-14-18(30-12-10-24-3)13-19(23)22(20)15(2)26-16-5-7-17(8-6-16)27-21(29)9-11-28/h4-8,11,13-14,24,26H,2,9-10,12H2,1,3H3,(H,27,29). The van der Waals surface area contributed by atoms with E-state index in [4.69, 9.17) is 4.74 Å². The van der Waals surface area contributed by atoms with Gasteiger partial charge in [0.25, 0.3) is 0 Å². The predicted molar refractivity (Wildman–Crippen MR) is 118 cm³/mol. The molecule has 0 aliphatic rings. The molecule has 2 rings (SSSR count). The highest BCUT2D eigenvalue weighted by Crippen LogP contribution is 2.33. The monoisotopic (exact) mass is 412 g/mol. The molecule has 0 spiro atoms. The minimum atomic E-state index is -0.507. The van der Waals surface area contributed by atoms with E-state index in [9.17, 15) is 14.0 Å². The highest BCUT2D eigenvalue weighted by molar-refractivity contribution is 5.98. The van der Waals surface area contributed by atoms with Gasteiger partial charge in [-0.1, -0.05) is 6.58 Å². The number of carbonyl (C=O) groups is 2. The number of likely N-dealkylation sites (N-methyl/N-ethyl adjacent to an activating group) is 1. The molecule has 0 saturated heterocycles. The molecule has 0 radical (unpaired) electrons. The largest absolute Gasteiger partial charge is 0.492 e. The second kappa shape index (κ2) is 11.5. The van der Waals surface area contributed by atoms with E-state index in [1.807, 2.05) is 0 Å². The molecule has 0 aliphatic heterocycles. The van der Waals surface area contributed by atoms with Crippen molar-refractivity contribution in [1.82, 2.24) is 5.32 Å². The Bertz CT molecular complexity index is 927. The minimum absolute atomic E-state index is 0.203. The second-order valence-electron chi connectivity index (χ2n) is 6.24. The summed E-state index contributed by atoms with van der Waals surface area (Å²) < 4.78 is 20.4. The lowest BCUT2D eigenvalue weighted by atomic mass is 10.1. The van der Waals surface area contributed by atoms with Gasteiger partial charge >= 0.3 is 0 Å². The van der Waals surface area contributed by atoms with E-state index in [1.165, 1.54) is 6.07 Å². The number of amides is 1. The van der Waals surface area contributed by atoms with E-state index >= 15 is 0 Å². The number of benzene rings is 2. The predicted octanol–water partition coefficient (Wildman–Crippen LogP) is 3.76. The fourth-order valence-corrected chi connectivity index (χ4v) is 2.62. The number of ether oxygens (including phenoxy) is 1. The van der Waals surface area contributed by atoms with Crippen LogP contribution in [0.2, 0.25) is 0 Å². The van der Waals surface area contributed by atoms with Crippen molar-refractivity contribution in [2.75, 3.05) is 30.8 Å². The first kappa shape index (κ1) is 22.8. The number of carbonyl (C=O) groups excluding carboxylic acids is 2. The summed E-state index contributed by atoms with van der Waals surface area (Å²) in [6.45, 7) is 6.72. The summed E-state index contributed by atoms with van der Waals surface area (Å²) in [4.78, 5) is 26.1.